The van der Waals surface area contributed by atoms with E-state index >= 15 is 0 Å². The number of amides is 1. The van der Waals surface area contributed by atoms with Crippen LogP contribution in [-0.2, 0) is 21.4 Å². The molecule has 0 aliphatic heterocycles. The minimum atomic E-state index is -3.58. The fourth-order valence-electron chi connectivity index (χ4n) is 2.40. The van der Waals surface area contributed by atoms with Gasteiger partial charge in [0.2, 0.25) is 15.9 Å². The third-order valence-corrected chi connectivity index (χ3v) is 5.51. The molecule has 0 spiro atoms. The highest BCUT2D eigenvalue weighted by Gasteiger charge is 2.20. The molecule has 6 heteroatoms. The van der Waals surface area contributed by atoms with Crippen molar-refractivity contribution in [3.63, 3.8) is 0 Å². The van der Waals surface area contributed by atoms with Gasteiger partial charge in [0, 0.05) is 25.7 Å². The molecule has 0 aliphatic rings. The Bertz CT molecular complexity index is 800. The Morgan fingerprint density at radius 3 is 2.20 bits per heavy atom. The first-order chi connectivity index (χ1) is 11.8. The minimum Gasteiger partial charge on any atom is -0.326 e. The zero-order valence-electron chi connectivity index (χ0n) is 14.8. The molecule has 0 aromatic heterocycles. The molecule has 0 unspecified atom stereocenters. The van der Waals surface area contributed by atoms with Crippen LogP contribution >= 0.6 is 0 Å². The van der Waals surface area contributed by atoms with Crippen LogP contribution in [0, 0.1) is 5.92 Å². The van der Waals surface area contributed by atoms with Crippen molar-refractivity contribution in [2.45, 2.75) is 31.7 Å². The van der Waals surface area contributed by atoms with E-state index in [1.165, 1.54) is 16.4 Å². The number of carbonyl (C=O) groups is 1. The molecule has 2 rings (SSSR count). The summed E-state index contributed by atoms with van der Waals surface area (Å²) in [5.74, 6) is 0.193. The lowest BCUT2D eigenvalue weighted by Gasteiger charge is -2.17. The number of sulfonamides is 1. The van der Waals surface area contributed by atoms with Crippen molar-refractivity contribution >= 4 is 21.6 Å². The van der Waals surface area contributed by atoms with Gasteiger partial charge in [-0.25, -0.2) is 8.42 Å². The van der Waals surface area contributed by atoms with Gasteiger partial charge < -0.3 is 5.32 Å². The van der Waals surface area contributed by atoms with Gasteiger partial charge in [0.1, 0.15) is 0 Å². The van der Waals surface area contributed by atoms with Crippen LogP contribution in [0.5, 0.6) is 0 Å². The van der Waals surface area contributed by atoms with Crippen LogP contribution in [0.1, 0.15) is 25.8 Å². The molecule has 2 aromatic carbocycles. The SMILES string of the molecule is CC(C)CC(=O)Nc1ccc(S(=O)(=O)N(C)Cc2ccccc2)cc1. The van der Waals surface area contributed by atoms with Gasteiger partial charge in [0.25, 0.3) is 0 Å². The molecule has 1 amide bonds. The van der Waals surface area contributed by atoms with Crippen molar-refractivity contribution in [1.29, 1.82) is 0 Å². The summed E-state index contributed by atoms with van der Waals surface area (Å²) in [6, 6.07) is 15.7. The fraction of sp³-hybridized carbons (Fsp3) is 0.316. The first kappa shape index (κ1) is 19.1. The van der Waals surface area contributed by atoms with Crippen molar-refractivity contribution in [2.75, 3.05) is 12.4 Å². The van der Waals surface area contributed by atoms with Crippen LogP contribution in [-0.4, -0.2) is 25.7 Å². The topological polar surface area (TPSA) is 66.5 Å². The molecular formula is C19H24N2O3S. The Morgan fingerprint density at radius 2 is 1.64 bits per heavy atom. The first-order valence-electron chi connectivity index (χ1n) is 8.19. The molecule has 1 N–H and O–H groups in total. The van der Waals surface area contributed by atoms with Crippen LogP contribution in [0.2, 0.25) is 0 Å². The van der Waals surface area contributed by atoms with Gasteiger partial charge in [-0.15, -0.1) is 0 Å². The molecule has 25 heavy (non-hydrogen) atoms. The van der Waals surface area contributed by atoms with Crippen LogP contribution in [0.25, 0.3) is 0 Å². The lowest BCUT2D eigenvalue weighted by atomic mass is 10.1. The number of carbonyl (C=O) groups excluding carboxylic acids is 1. The number of hydrogen-bond acceptors (Lipinski definition) is 3. The third-order valence-electron chi connectivity index (χ3n) is 3.69. The quantitative estimate of drug-likeness (QED) is 0.822. The van der Waals surface area contributed by atoms with E-state index in [1.54, 1.807) is 19.2 Å². The third kappa shape index (κ3) is 5.41. The molecule has 0 saturated carbocycles. The summed E-state index contributed by atoms with van der Waals surface area (Å²) >= 11 is 0. The molecule has 0 fully saturated rings. The van der Waals surface area contributed by atoms with Gasteiger partial charge in [-0.3, -0.25) is 4.79 Å². The predicted molar refractivity (Wildman–Crippen MR) is 99.6 cm³/mol. The zero-order chi connectivity index (χ0) is 18.4. The molecule has 0 atom stereocenters. The van der Waals surface area contributed by atoms with Crippen LogP contribution in [0.15, 0.2) is 59.5 Å². The smallest absolute Gasteiger partial charge is 0.243 e. The second-order valence-electron chi connectivity index (χ2n) is 6.42. The highest BCUT2D eigenvalue weighted by Crippen LogP contribution is 2.19. The second kappa shape index (κ2) is 8.27. The van der Waals surface area contributed by atoms with Crippen molar-refractivity contribution in [3.8, 4) is 0 Å². The molecule has 5 nitrogen and oxygen atoms in total. The molecule has 2 aromatic rings. The molecule has 0 saturated heterocycles. The lowest BCUT2D eigenvalue weighted by molar-refractivity contribution is -0.116. The van der Waals surface area contributed by atoms with Crippen molar-refractivity contribution < 1.29 is 13.2 Å². The number of benzene rings is 2. The van der Waals surface area contributed by atoms with Crippen molar-refractivity contribution in [2.24, 2.45) is 5.92 Å². The summed E-state index contributed by atoms with van der Waals surface area (Å²) in [4.78, 5) is 12.0. The van der Waals surface area contributed by atoms with Gasteiger partial charge in [-0.2, -0.15) is 4.31 Å². The van der Waals surface area contributed by atoms with Crippen LogP contribution < -0.4 is 5.32 Å². The summed E-state index contributed by atoms with van der Waals surface area (Å²) in [6.45, 7) is 4.24. The van der Waals surface area contributed by atoms with Crippen molar-refractivity contribution in [3.05, 3.63) is 60.2 Å². The largest absolute Gasteiger partial charge is 0.326 e. The average molecular weight is 360 g/mol. The standard InChI is InChI=1S/C19H24N2O3S/c1-15(2)13-19(22)20-17-9-11-18(12-10-17)25(23,24)21(3)14-16-7-5-4-6-8-16/h4-12,15H,13-14H2,1-3H3,(H,20,22). The maximum Gasteiger partial charge on any atom is 0.243 e. The summed E-state index contributed by atoms with van der Waals surface area (Å²) in [7, 11) is -2.02. The maximum absolute atomic E-state index is 12.7. The zero-order valence-corrected chi connectivity index (χ0v) is 15.6. The van der Waals surface area contributed by atoms with Crippen LogP contribution in [0.3, 0.4) is 0 Å². The second-order valence-corrected chi connectivity index (χ2v) is 8.46. The average Bonchev–Trinajstić information content (AvgIpc) is 2.55. The van der Waals surface area contributed by atoms with Crippen molar-refractivity contribution in [1.82, 2.24) is 4.31 Å². The van der Waals surface area contributed by atoms with Gasteiger partial charge in [0.05, 0.1) is 4.90 Å². The van der Waals surface area contributed by atoms with E-state index in [9.17, 15) is 13.2 Å². The predicted octanol–water partition coefficient (Wildman–Crippen LogP) is 3.49. The summed E-state index contributed by atoms with van der Waals surface area (Å²) in [5.41, 5.74) is 1.52. The fourth-order valence-corrected chi connectivity index (χ4v) is 3.56. The highest BCUT2D eigenvalue weighted by atomic mass is 32.2. The number of nitrogens with zero attached hydrogens (tertiary/aromatic N) is 1. The summed E-state index contributed by atoms with van der Waals surface area (Å²) in [6.07, 6.45) is 0.430. The molecule has 0 radical (unpaired) electrons. The van der Waals surface area contributed by atoms with Gasteiger partial charge in [-0.05, 0) is 35.7 Å². The van der Waals surface area contributed by atoms with E-state index in [1.807, 2.05) is 44.2 Å². The number of anilines is 1. The van der Waals surface area contributed by atoms with Gasteiger partial charge in [-0.1, -0.05) is 44.2 Å². The molecule has 0 heterocycles. The Hall–Kier alpha value is -2.18. The molecular weight excluding hydrogens is 336 g/mol. The van der Waals surface area contributed by atoms with E-state index < -0.39 is 10.0 Å². The molecule has 0 bridgehead atoms. The first-order valence-corrected chi connectivity index (χ1v) is 9.63. The Kier molecular flexibility index (Phi) is 6.33. The van der Waals surface area contributed by atoms with Gasteiger partial charge >= 0.3 is 0 Å². The van der Waals surface area contributed by atoms with E-state index in [0.29, 0.717) is 18.7 Å². The number of hydrogen-bond donors (Lipinski definition) is 1. The lowest BCUT2D eigenvalue weighted by Crippen LogP contribution is -2.26. The normalized spacial score (nSPS) is 11.7. The molecule has 0 aliphatic carbocycles. The van der Waals surface area contributed by atoms with Crippen LogP contribution in [0.4, 0.5) is 5.69 Å². The number of rotatable bonds is 7. The summed E-state index contributed by atoms with van der Waals surface area (Å²) in [5, 5.41) is 2.77. The van der Waals surface area contributed by atoms with E-state index in [0.717, 1.165) is 5.56 Å². The number of nitrogens with one attached hydrogen (secondary N) is 1. The monoisotopic (exact) mass is 360 g/mol. The molecule has 134 valence electrons. The highest BCUT2D eigenvalue weighted by molar-refractivity contribution is 7.89. The van der Waals surface area contributed by atoms with E-state index in [-0.39, 0.29) is 16.7 Å². The summed E-state index contributed by atoms with van der Waals surface area (Å²) < 4.78 is 26.6. The maximum atomic E-state index is 12.7. The Labute approximate surface area is 149 Å². The van der Waals surface area contributed by atoms with E-state index in [2.05, 4.69) is 5.32 Å². The Morgan fingerprint density at radius 1 is 1.04 bits per heavy atom. The van der Waals surface area contributed by atoms with Gasteiger partial charge in [0.15, 0.2) is 0 Å². The minimum absolute atomic E-state index is 0.0770. The Balaban J connectivity index is 2.08. The van der Waals surface area contributed by atoms with E-state index in [4.69, 9.17) is 0 Å².